The number of pyridine rings is 1. The monoisotopic (exact) mass is 215 g/mol. The second kappa shape index (κ2) is 4.74. The number of nitriles is 1. The van der Waals surface area contributed by atoms with Crippen LogP contribution in [-0.4, -0.2) is 23.2 Å². The maximum atomic E-state index is 13.1. The molecule has 74 valence electrons. The van der Waals surface area contributed by atoms with E-state index in [1.807, 2.05) is 0 Å². The predicted octanol–water partition coefficient (Wildman–Crippen LogP) is 1.15. The van der Waals surface area contributed by atoms with Crippen molar-refractivity contribution in [1.82, 2.24) is 4.98 Å². The highest BCUT2D eigenvalue weighted by atomic mass is 35.5. The minimum Gasteiger partial charge on any atom is -0.395 e. The van der Waals surface area contributed by atoms with E-state index in [0.717, 1.165) is 6.07 Å². The summed E-state index contributed by atoms with van der Waals surface area (Å²) in [6.45, 7) is 0.0326. The van der Waals surface area contributed by atoms with Crippen molar-refractivity contribution in [3.63, 3.8) is 0 Å². The number of rotatable bonds is 3. The van der Waals surface area contributed by atoms with E-state index in [-0.39, 0.29) is 29.7 Å². The molecule has 0 bridgehead atoms. The van der Waals surface area contributed by atoms with E-state index >= 15 is 0 Å². The number of aliphatic hydroxyl groups excluding tert-OH is 1. The Bertz CT molecular complexity index is 378. The Balaban J connectivity index is 2.98. The van der Waals surface area contributed by atoms with Gasteiger partial charge in [0.1, 0.15) is 11.2 Å². The molecule has 1 aromatic heterocycles. The number of hydrogen-bond acceptors (Lipinski definition) is 4. The van der Waals surface area contributed by atoms with Gasteiger partial charge in [0, 0.05) is 6.54 Å². The molecule has 0 aliphatic rings. The van der Waals surface area contributed by atoms with E-state index in [4.69, 9.17) is 22.0 Å². The van der Waals surface area contributed by atoms with Gasteiger partial charge in [0.2, 0.25) is 0 Å². The SMILES string of the molecule is N#Cc1cc(F)c(NCCO)nc1Cl. The molecule has 0 aliphatic heterocycles. The first-order chi connectivity index (χ1) is 6.69. The van der Waals surface area contributed by atoms with Gasteiger partial charge in [-0.3, -0.25) is 0 Å². The lowest BCUT2D eigenvalue weighted by Gasteiger charge is -2.05. The van der Waals surface area contributed by atoms with E-state index in [0.29, 0.717) is 0 Å². The molecule has 2 N–H and O–H groups in total. The highest BCUT2D eigenvalue weighted by Gasteiger charge is 2.09. The molecule has 1 heterocycles. The maximum absolute atomic E-state index is 13.1. The lowest BCUT2D eigenvalue weighted by molar-refractivity contribution is 0.310. The van der Waals surface area contributed by atoms with Gasteiger partial charge in [0.25, 0.3) is 0 Å². The zero-order chi connectivity index (χ0) is 10.6. The van der Waals surface area contributed by atoms with E-state index < -0.39 is 5.82 Å². The lowest BCUT2D eigenvalue weighted by Crippen LogP contribution is -2.09. The Labute approximate surface area is 85.0 Å². The molecule has 0 radical (unpaired) electrons. The highest BCUT2D eigenvalue weighted by molar-refractivity contribution is 6.30. The molecule has 1 aromatic rings. The van der Waals surface area contributed by atoms with Crippen LogP contribution in [0.2, 0.25) is 5.15 Å². The van der Waals surface area contributed by atoms with E-state index in [1.54, 1.807) is 6.07 Å². The van der Waals surface area contributed by atoms with Gasteiger partial charge in [-0.05, 0) is 6.07 Å². The number of aromatic nitrogens is 1. The molecule has 4 nitrogen and oxygen atoms in total. The third-order valence-electron chi connectivity index (χ3n) is 1.45. The molecule has 0 aromatic carbocycles. The first-order valence-electron chi connectivity index (χ1n) is 3.80. The largest absolute Gasteiger partial charge is 0.395 e. The predicted molar refractivity (Wildman–Crippen MR) is 49.5 cm³/mol. The van der Waals surface area contributed by atoms with Gasteiger partial charge in [0.05, 0.1) is 12.2 Å². The van der Waals surface area contributed by atoms with Crippen LogP contribution >= 0.6 is 11.6 Å². The van der Waals surface area contributed by atoms with Gasteiger partial charge in [-0.1, -0.05) is 11.6 Å². The first-order valence-corrected chi connectivity index (χ1v) is 4.17. The van der Waals surface area contributed by atoms with Crippen LogP contribution < -0.4 is 5.32 Å². The highest BCUT2D eigenvalue weighted by Crippen LogP contribution is 2.19. The second-order valence-corrected chi connectivity index (χ2v) is 2.78. The molecule has 0 spiro atoms. The van der Waals surface area contributed by atoms with Gasteiger partial charge in [-0.25, -0.2) is 9.37 Å². The summed E-state index contributed by atoms with van der Waals surface area (Å²) in [4.78, 5) is 3.63. The summed E-state index contributed by atoms with van der Waals surface area (Å²) in [5.41, 5.74) is -0.0151. The number of nitrogens with one attached hydrogen (secondary N) is 1. The van der Waals surface area contributed by atoms with E-state index in [2.05, 4.69) is 10.3 Å². The third kappa shape index (κ3) is 2.31. The molecule has 0 atom stereocenters. The first kappa shape index (κ1) is 10.7. The molecular weight excluding hydrogens is 209 g/mol. The summed E-state index contributed by atoms with van der Waals surface area (Å²) in [5, 5.41) is 19.5. The quantitative estimate of drug-likeness (QED) is 0.743. The van der Waals surface area contributed by atoms with Crippen molar-refractivity contribution < 1.29 is 9.50 Å². The van der Waals surface area contributed by atoms with Crippen LogP contribution in [0.15, 0.2) is 6.07 Å². The fourth-order valence-electron chi connectivity index (χ4n) is 0.843. The van der Waals surface area contributed by atoms with Crippen LogP contribution in [0.5, 0.6) is 0 Å². The Morgan fingerprint density at radius 2 is 2.43 bits per heavy atom. The van der Waals surface area contributed by atoms with Crippen LogP contribution in [0, 0.1) is 17.1 Å². The summed E-state index contributed by atoms with van der Waals surface area (Å²) in [7, 11) is 0. The van der Waals surface area contributed by atoms with Crippen molar-refractivity contribution >= 4 is 17.4 Å². The third-order valence-corrected chi connectivity index (χ3v) is 1.74. The molecule has 0 fully saturated rings. The van der Waals surface area contributed by atoms with Gasteiger partial charge in [0.15, 0.2) is 11.6 Å². The van der Waals surface area contributed by atoms with Crippen molar-refractivity contribution in [2.45, 2.75) is 0 Å². The minimum atomic E-state index is -0.667. The molecule has 1 rings (SSSR count). The van der Waals surface area contributed by atoms with Gasteiger partial charge in [-0.2, -0.15) is 5.26 Å². The normalized spacial score (nSPS) is 9.57. The Morgan fingerprint density at radius 3 is 3.00 bits per heavy atom. The second-order valence-electron chi connectivity index (χ2n) is 2.42. The van der Waals surface area contributed by atoms with Crippen molar-refractivity contribution in [2.75, 3.05) is 18.5 Å². The lowest BCUT2D eigenvalue weighted by atomic mass is 10.3. The molecule has 14 heavy (non-hydrogen) atoms. The average Bonchev–Trinajstić information content (AvgIpc) is 2.18. The summed E-state index contributed by atoms with van der Waals surface area (Å²) in [6.07, 6.45) is 0. The molecule has 0 saturated heterocycles. The zero-order valence-corrected chi connectivity index (χ0v) is 7.85. The van der Waals surface area contributed by atoms with Crippen molar-refractivity contribution in [1.29, 1.82) is 5.26 Å². The smallest absolute Gasteiger partial charge is 0.166 e. The number of anilines is 1. The van der Waals surface area contributed by atoms with Crippen LogP contribution in [0.4, 0.5) is 10.2 Å². The van der Waals surface area contributed by atoms with Crippen LogP contribution in [0.25, 0.3) is 0 Å². The van der Waals surface area contributed by atoms with E-state index in [9.17, 15) is 4.39 Å². The van der Waals surface area contributed by atoms with E-state index in [1.165, 1.54) is 0 Å². The molecule has 0 aliphatic carbocycles. The number of halogens is 2. The summed E-state index contributed by atoms with van der Waals surface area (Å²) in [6, 6.07) is 2.70. The van der Waals surface area contributed by atoms with Crippen LogP contribution in [-0.2, 0) is 0 Å². The Kier molecular flexibility index (Phi) is 3.63. The summed E-state index contributed by atoms with van der Waals surface area (Å²) < 4.78 is 13.1. The minimum absolute atomic E-state index is 0.0151. The molecule has 6 heteroatoms. The van der Waals surface area contributed by atoms with Gasteiger partial charge in [-0.15, -0.1) is 0 Å². The van der Waals surface area contributed by atoms with Crippen LogP contribution in [0.3, 0.4) is 0 Å². The van der Waals surface area contributed by atoms with Crippen molar-refractivity contribution in [2.24, 2.45) is 0 Å². The fourth-order valence-corrected chi connectivity index (χ4v) is 1.02. The molecule has 0 amide bonds. The summed E-state index contributed by atoms with van der Waals surface area (Å²) in [5.74, 6) is -0.734. The van der Waals surface area contributed by atoms with Crippen molar-refractivity contribution in [3.8, 4) is 6.07 Å². The average molecular weight is 216 g/mol. The fraction of sp³-hybridized carbons (Fsp3) is 0.250. The zero-order valence-electron chi connectivity index (χ0n) is 7.09. The Morgan fingerprint density at radius 1 is 1.71 bits per heavy atom. The maximum Gasteiger partial charge on any atom is 0.166 e. The number of aliphatic hydroxyl groups is 1. The molecule has 0 saturated carbocycles. The Hall–Kier alpha value is -1.38. The standard InChI is InChI=1S/C8H7ClFN3O/c9-7-5(4-11)3-6(10)8(13-7)12-1-2-14/h3,14H,1-2H2,(H,12,13). The molecule has 0 unspecified atom stereocenters. The number of nitrogens with zero attached hydrogens (tertiary/aromatic N) is 2. The van der Waals surface area contributed by atoms with Gasteiger partial charge < -0.3 is 10.4 Å². The topological polar surface area (TPSA) is 68.9 Å². The molecular formula is C8H7ClFN3O. The van der Waals surface area contributed by atoms with Crippen molar-refractivity contribution in [3.05, 3.63) is 22.6 Å². The van der Waals surface area contributed by atoms with Crippen LogP contribution in [0.1, 0.15) is 5.56 Å². The number of hydrogen-bond donors (Lipinski definition) is 2. The van der Waals surface area contributed by atoms with Gasteiger partial charge >= 0.3 is 0 Å². The summed E-state index contributed by atoms with van der Waals surface area (Å²) >= 11 is 5.58.